The minimum absolute atomic E-state index is 0.0197. The zero-order chi connectivity index (χ0) is 72.9. The molecule has 95 heavy (non-hydrogen) atoms. The van der Waals surface area contributed by atoms with Crippen molar-refractivity contribution < 1.29 is 163 Å². The smallest absolute Gasteiger partial charge is 0.328 e. The molecule has 554 valence electrons. The van der Waals surface area contributed by atoms with Crippen LogP contribution in [0.15, 0.2) is 0 Å². The van der Waals surface area contributed by atoms with Gasteiger partial charge in [0, 0.05) is 56.2 Å². The second-order valence-electron chi connectivity index (χ2n) is 19.6. The number of carbonyl (C=O) groups is 8. The van der Waals surface area contributed by atoms with E-state index < -0.39 is 144 Å². The van der Waals surface area contributed by atoms with Crippen molar-refractivity contribution in [2.45, 2.75) is 113 Å². The number of nitrogens with one attached hydrogen (secondary N) is 5. The molecule has 0 saturated carbocycles. The number of ether oxygens (including phenoxy) is 7. The van der Waals surface area contributed by atoms with Gasteiger partial charge in [0.15, 0.2) is 93.4 Å². The van der Waals surface area contributed by atoms with Gasteiger partial charge in [0.2, 0.25) is 0 Å². The highest BCUT2D eigenvalue weighted by Gasteiger charge is 2.46. The minimum Gasteiger partial charge on any atom is -0.394 e. The molecule has 23 N–H and O–H groups in total. The molecule has 49 heteroatoms. The maximum atomic E-state index is 11.8. The lowest BCUT2D eigenvalue weighted by molar-refractivity contribution is -0.0994. The molecule has 8 saturated heterocycles. The van der Waals surface area contributed by atoms with Gasteiger partial charge in [-0.15, -0.1) is 0 Å². The highest BCUT2D eigenvalue weighted by Crippen LogP contribution is 2.24. The van der Waals surface area contributed by atoms with Crippen molar-refractivity contribution in [3.63, 3.8) is 0 Å². The van der Waals surface area contributed by atoms with Crippen LogP contribution in [0.3, 0.4) is 0 Å². The van der Waals surface area contributed by atoms with E-state index in [1.165, 1.54) is 35.4 Å². The Morgan fingerprint density at radius 1 is 0.358 bits per heavy atom. The highest BCUT2D eigenvalue weighted by molar-refractivity contribution is 5.80. The zero-order valence-corrected chi connectivity index (χ0v) is 53.0. The Kier molecular flexibility index (Phi) is 38.7. The predicted octanol–water partition coefficient (Wildman–Crippen LogP) is -13.4. The number of methoxy groups -OCH3 is 5. The normalized spacial score (nSPS) is 29.8. The number of rotatable bonds is 20. The summed E-state index contributed by atoms with van der Waals surface area (Å²) < 4.78 is 34.2. The summed E-state index contributed by atoms with van der Waals surface area (Å²) in [4.78, 5) is 99.1. The number of likely N-dealkylation sites (N-methyl/N-ethyl adjacent to an activating group) is 3. The minimum atomic E-state index is -1.49. The van der Waals surface area contributed by atoms with Crippen LogP contribution >= 0.6 is 0 Å². The molecule has 49 nitrogen and oxygen atoms in total. The molecule has 0 radical (unpaired) electrons. The van der Waals surface area contributed by atoms with Crippen LogP contribution in [0, 0.1) is 0 Å². The molecule has 8 fully saturated rings. The van der Waals surface area contributed by atoms with Crippen LogP contribution in [-0.4, -0.2) is 430 Å². The van der Waals surface area contributed by atoms with E-state index in [1.54, 1.807) is 24.0 Å². The molecule has 0 aliphatic carbocycles. The van der Waals surface area contributed by atoms with Crippen LogP contribution < -0.4 is 26.6 Å². The van der Waals surface area contributed by atoms with Crippen LogP contribution in [0.4, 0.5) is 38.4 Å². The third kappa shape index (κ3) is 23.7. The van der Waals surface area contributed by atoms with Gasteiger partial charge >= 0.3 is 48.2 Å². The molecule has 0 bridgehead atoms. The van der Waals surface area contributed by atoms with Crippen LogP contribution in [0.2, 0.25) is 0 Å². The summed E-state index contributed by atoms with van der Waals surface area (Å²) in [5.41, 5.74) is 0. The van der Waals surface area contributed by atoms with Crippen molar-refractivity contribution >= 4 is 48.2 Å². The standard InChI is InChI=1S/C9H18N2O3.C8H16N2O6.C7H14N2O5.C5H10N2O5.C5H10N2O4.C5H10N2O3.C4H8N2O4.C3H6N2O3/c1-5-10-7(2)8(14-4)11(6-13-3)9(10)12;11-1-2-15-3-4-16-5-10-7(13)6(12)9-8(10)14;1-13-3-8-5(10)6(11)9(4-14-2)7(8)12;8-1-6-3(10)4(11)7(2-9)5(6)12;1-11-2-7-4(9)3(8)6-5(7)10;1-6-3(8)4(9)7(2)5(6)10;7-1-6-3(9)2(8)5-4(6)10;6-1-2(7)5-3(8)4-1/h7-8H,5-6H2,1-4H3;6-7,11-13H,1-5H2,(H,9,14);5-6,10-11H,3-4H2,1-2H3;3-4,8-11H,1-2H2;3-4,8-9H,2H2,1H3,(H,6,10);3-4,8-9H,1-2H3;2-3,7-9H,1H2,(H,5,10);1-2,6-7H,(H2,4,5,8). The van der Waals surface area contributed by atoms with Gasteiger partial charge in [-0.2, -0.15) is 0 Å². The van der Waals surface area contributed by atoms with Gasteiger partial charge in [-0.3, -0.25) is 49.0 Å². The van der Waals surface area contributed by atoms with Gasteiger partial charge in [-0.05, 0) is 13.8 Å². The number of hydrogen-bond acceptors (Lipinski definition) is 33. The van der Waals surface area contributed by atoms with Crippen molar-refractivity contribution in [1.82, 2.24) is 80.5 Å². The predicted molar refractivity (Wildman–Crippen MR) is 303 cm³/mol. The lowest BCUT2D eigenvalue weighted by Gasteiger charge is -2.22. The van der Waals surface area contributed by atoms with E-state index in [0.717, 1.165) is 29.4 Å². The maximum Gasteiger partial charge on any atom is 0.328 e. The van der Waals surface area contributed by atoms with Crippen LogP contribution in [0.5, 0.6) is 0 Å². The summed E-state index contributed by atoms with van der Waals surface area (Å²) in [6.45, 7) is 3.27. The van der Waals surface area contributed by atoms with E-state index in [9.17, 15) is 53.7 Å². The quantitative estimate of drug-likeness (QED) is 0.0503. The molecule has 0 aromatic carbocycles. The third-order valence-corrected chi connectivity index (χ3v) is 13.4. The first-order valence-corrected chi connectivity index (χ1v) is 27.8. The number of carbonyl (C=O) groups excluding carboxylic acids is 8. The Bertz CT molecular complexity index is 2280. The molecule has 16 unspecified atom stereocenters. The first kappa shape index (κ1) is 86.2. The van der Waals surface area contributed by atoms with E-state index in [1.807, 2.05) is 29.8 Å². The Morgan fingerprint density at radius 2 is 0.684 bits per heavy atom. The highest BCUT2D eigenvalue weighted by atomic mass is 16.5. The maximum absolute atomic E-state index is 11.8. The molecule has 0 aromatic heterocycles. The average Bonchev–Trinajstić information content (AvgIpc) is 1.68. The lowest BCUT2D eigenvalue weighted by Crippen LogP contribution is -2.38. The molecule has 8 aliphatic heterocycles. The second-order valence-corrected chi connectivity index (χ2v) is 19.6. The summed E-state index contributed by atoms with van der Waals surface area (Å²) >= 11 is 0. The molecule has 8 rings (SSSR count). The van der Waals surface area contributed by atoms with Gasteiger partial charge < -0.3 is 157 Å². The van der Waals surface area contributed by atoms with Crippen LogP contribution in [0.1, 0.15) is 13.8 Å². The third-order valence-electron chi connectivity index (χ3n) is 13.4. The Labute approximate surface area is 541 Å². The first-order chi connectivity index (χ1) is 44.7. The largest absolute Gasteiger partial charge is 0.394 e. The number of nitrogens with zero attached hydrogens (tertiary/aromatic N) is 11. The second kappa shape index (κ2) is 42.7. The van der Waals surface area contributed by atoms with Crippen molar-refractivity contribution in [3.05, 3.63) is 0 Å². The van der Waals surface area contributed by atoms with Crippen LogP contribution in [-0.2, 0) is 33.2 Å². The molecular weight excluding hydrogens is 1300 g/mol. The van der Waals surface area contributed by atoms with Crippen molar-refractivity contribution in [1.29, 1.82) is 0 Å². The molecule has 8 aliphatic rings. The number of aliphatic hydroxyl groups is 18. The number of aliphatic hydroxyl groups excluding tert-OH is 18. The van der Waals surface area contributed by atoms with Gasteiger partial charge in [-0.25, -0.2) is 38.4 Å². The van der Waals surface area contributed by atoms with Gasteiger partial charge in [0.05, 0.1) is 32.5 Å². The Balaban J connectivity index is 0.000000547. The van der Waals surface area contributed by atoms with E-state index in [-0.39, 0.29) is 84.4 Å². The van der Waals surface area contributed by atoms with E-state index in [2.05, 4.69) is 15.4 Å². The van der Waals surface area contributed by atoms with Gasteiger partial charge in [0.1, 0.15) is 53.8 Å². The number of urea groups is 8. The lowest BCUT2D eigenvalue weighted by atomic mass is 10.3. The Morgan fingerprint density at radius 3 is 0.958 bits per heavy atom. The van der Waals surface area contributed by atoms with Crippen molar-refractivity contribution in [2.24, 2.45) is 0 Å². The van der Waals surface area contributed by atoms with E-state index in [4.69, 9.17) is 105 Å². The van der Waals surface area contributed by atoms with E-state index in [0.29, 0.717) is 21.2 Å². The fraction of sp³-hybridized carbons (Fsp3) is 0.826. The Hall–Kier alpha value is -6.84. The van der Waals surface area contributed by atoms with E-state index >= 15 is 0 Å². The molecule has 0 aromatic rings. The van der Waals surface area contributed by atoms with Crippen molar-refractivity contribution in [2.75, 3.05) is 136 Å². The average molecular weight is 1400 g/mol. The molecular formula is C46H92N16O33. The summed E-state index contributed by atoms with van der Waals surface area (Å²) in [5, 5.41) is 170. The fourth-order valence-electron chi connectivity index (χ4n) is 8.20. The summed E-state index contributed by atoms with van der Waals surface area (Å²) in [7, 11) is 10.2. The molecule has 8 heterocycles. The summed E-state index contributed by atoms with van der Waals surface area (Å²) in [6.07, 6.45) is -18.0. The topological polar surface area (TPSA) is 661 Å². The SMILES string of the molecule is CCN1C(=O)N(COC)C(OC)C1C.CN1C(=O)N(C)C(O)C1O.COCN1C(=O)N(COC)C(O)C1O.COCN1C(=O)NC(O)C1O.O=C1N(CO)C(O)C(O)N1CO.O=C1NC(O)C(O)N1.O=C1NC(O)C(O)N1CO.O=C1NC(O)C(O)N1COCCOCCO. The van der Waals surface area contributed by atoms with Gasteiger partial charge in [0.25, 0.3) is 0 Å². The molecule has 16 amide bonds. The zero-order valence-electron chi connectivity index (χ0n) is 53.0. The summed E-state index contributed by atoms with van der Waals surface area (Å²) in [6, 6.07) is -3.99. The number of hydrogen-bond donors (Lipinski definition) is 23. The number of amides is 16. The molecule has 0 spiro atoms. The summed E-state index contributed by atoms with van der Waals surface area (Å²) in [5.74, 6) is 0. The van der Waals surface area contributed by atoms with Crippen molar-refractivity contribution in [3.8, 4) is 0 Å². The first-order valence-electron chi connectivity index (χ1n) is 27.8. The molecule has 16 atom stereocenters. The monoisotopic (exact) mass is 1400 g/mol. The van der Waals surface area contributed by atoms with Crippen LogP contribution in [0.25, 0.3) is 0 Å². The van der Waals surface area contributed by atoms with Gasteiger partial charge in [-0.1, -0.05) is 0 Å². The fourth-order valence-corrected chi connectivity index (χ4v) is 8.20.